The third-order valence-corrected chi connectivity index (χ3v) is 4.21. The van der Waals surface area contributed by atoms with Crippen LogP contribution >= 0.6 is 11.8 Å². The van der Waals surface area contributed by atoms with Crippen LogP contribution in [0.25, 0.3) is 0 Å². The number of rotatable bonds is 3. The number of amides is 1. The van der Waals surface area contributed by atoms with Gasteiger partial charge in [-0.25, -0.2) is 0 Å². The molecule has 3 nitrogen and oxygen atoms in total. The molecule has 1 aliphatic rings. The zero-order chi connectivity index (χ0) is 13.8. The molecule has 0 N–H and O–H groups in total. The van der Waals surface area contributed by atoms with Crippen LogP contribution in [0.2, 0.25) is 0 Å². The van der Waals surface area contributed by atoms with E-state index in [2.05, 4.69) is 43.0 Å². The van der Waals surface area contributed by atoms with E-state index < -0.39 is 0 Å². The summed E-state index contributed by atoms with van der Waals surface area (Å²) in [4.78, 5) is 16.4. The predicted molar refractivity (Wildman–Crippen MR) is 82.9 cm³/mol. The summed E-state index contributed by atoms with van der Waals surface area (Å²) in [5.74, 6) is 0.860. The highest BCUT2D eigenvalue weighted by Crippen LogP contribution is 2.23. The fourth-order valence-electron chi connectivity index (χ4n) is 2.67. The van der Waals surface area contributed by atoms with Crippen LogP contribution in [0, 0.1) is 6.92 Å². The number of piperazine rings is 1. The molecule has 0 saturated carbocycles. The molecule has 0 aliphatic carbocycles. The third-order valence-electron chi connectivity index (χ3n) is 3.67. The van der Waals surface area contributed by atoms with Crippen molar-refractivity contribution in [3.63, 3.8) is 0 Å². The molecule has 19 heavy (non-hydrogen) atoms. The Hall–Kier alpha value is -1.16. The van der Waals surface area contributed by atoms with Gasteiger partial charge in [0.2, 0.25) is 5.91 Å². The molecule has 1 unspecified atom stereocenters. The second-order valence-electron chi connectivity index (χ2n) is 5.10. The van der Waals surface area contributed by atoms with E-state index in [4.69, 9.17) is 0 Å². The molecular formula is C15H22N2OS. The van der Waals surface area contributed by atoms with Gasteiger partial charge in [0.1, 0.15) is 0 Å². The fraction of sp³-hybridized carbons (Fsp3) is 0.533. The van der Waals surface area contributed by atoms with Crippen molar-refractivity contribution >= 4 is 23.4 Å². The van der Waals surface area contributed by atoms with Crippen molar-refractivity contribution in [2.75, 3.05) is 36.5 Å². The van der Waals surface area contributed by atoms with Crippen molar-refractivity contribution in [3.8, 4) is 0 Å². The molecule has 0 spiro atoms. The Morgan fingerprint density at radius 3 is 2.74 bits per heavy atom. The van der Waals surface area contributed by atoms with Crippen molar-refractivity contribution < 1.29 is 4.79 Å². The Labute approximate surface area is 120 Å². The number of anilines is 1. The molecule has 1 aliphatic heterocycles. The smallest absolute Gasteiger partial charge is 0.232 e. The van der Waals surface area contributed by atoms with E-state index in [1.165, 1.54) is 11.3 Å². The third kappa shape index (κ3) is 3.24. The highest BCUT2D eigenvalue weighted by atomic mass is 32.2. The second kappa shape index (κ2) is 6.33. The molecule has 1 saturated heterocycles. The summed E-state index contributed by atoms with van der Waals surface area (Å²) in [5.41, 5.74) is 2.60. The molecule has 104 valence electrons. The predicted octanol–water partition coefficient (Wildman–Crippen LogP) is 2.40. The number of nitrogens with zero attached hydrogens (tertiary/aromatic N) is 2. The topological polar surface area (TPSA) is 23.6 Å². The van der Waals surface area contributed by atoms with Gasteiger partial charge in [-0.05, 0) is 31.7 Å². The standard InChI is InChI=1S/C15H22N2OS/c1-12-6-4-5-7-14(12)16-8-9-17(13(2)10-16)15(18)11-19-3/h4-7,13H,8-11H2,1-3H3. The lowest BCUT2D eigenvalue weighted by Crippen LogP contribution is -2.54. The van der Waals surface area contributed by atoms with Crippen molar-refractivity contribution in [1.29, 1.82) is 0 Å². The van der Waals surface area contributed by atoms with E-state index in [1.807, 2.05) is 11.2 Å². The summed E-state index contributed by atoms with van der Waals surface area (Å²) < 4.78 is 0. The maximum absolute atomic E-state index is 12.0. The largest absolute Gasteiger partial charge is 0.367 e. The lowest BCUT2D eigenvalue weighted by Gasteiger charge is -2.41. The maximum Gasteiger partial charge on any atom is 0.232 e. The first-order valence-corrected chi connectivity index (χ1v) is 8.12. The highest BCUT2D eigenvalue weighted by molar-refractivity contribution is 7.99. The summed E-state index contributed by atoms with van der Waals surface area (Å²) >= 11 is 1.60. The number of carbonyl (C=O) groups excluding carboxylic acids is 1. The van der Waals surface area contributed by atoms with E-state index in [9.17, 15) is 4.79 Å². The summed E-state index contributed by atoms with van der Waals surface area (Å²) in [7, 11) is 0. The Morgan fingerprint density at radius 2 is 2.11 bits per heavy atom. The molecule has 0 radical (unpaired) electrons. The molecule has 1 amide bonds. The number of hydrogen-bond acceptors (Lipinski definition) is 3. The molecule has 1 heterocycles. The summed E-state index contributed by atoms with van der Waals surface area (Å²) in [6.45, 7) is 6.96. The van der Waals surface area contributed by atoms with Gasteiger partial charge < -0.3 is 9.80 Å². The van der Waals surface area contributed by atoms with Gasteiger partial charge in [0.05, 0.1) is 5.75 Å². The molecule has 1 fully saturated rings. The number of carbonyl (C=O) groups is 1. The first-order chi connectivity index (χ1) is 9.13. The van der Waals surface area contributed by atoms with Crippen LogP contribution in [0.5, 0.6) is 0 Å². The fourth-order valence-corrected chi connectivity index (χ4v) is 3.08. The van der Waals surface area contributed by atoms with Gasteiger partial charge in [0.25, 0.3) is 0 Å². The zero-order valence-electron chi connectivity index (χ0n) is 11.9. The number of para-hydroxylation sites is 1. The van der Waals surface area contributed by atoms with E-state index in [1.54, 1.807) is 11.8 Å². The molecule has 1 aromatic carbocycles. The van der Waals surface area contributed by atoms with E-state index in [-0.39, 0.29) is 11.9 Å². The Balaban J connectivity index is 2.04. The summed E-state index contributed by atoms with van der Waals surface area (Å²) in [5, 5.41) is 0. The number of hydrogen-bond donors (Lipinski definition) is 0. The molecule has 1 atom stereocenters. The minimum Gasteiger partial charge on any atom is -0.367 e. The lowest BCUT2D eigenvalue weighted by atomic mass is 10.1. The van der Waals surface area contributed by atoms with E-state index in [0.29, 0.717) is 5.75 Å². The van der Waals surface area contributed by atoms with Gasteiger partial charge in [-0.3, -0.25) is 4.79 Å². The van der Waals surface area contributed by atoms with E-state index >= 15 is 0 Å². The van der Waals surface area contributed by atoms with Gasteiger partial charge in [0.15, 0.2) is 0 Å². The molecule has 0 aromatic heterocycles. The van der Waals surface area contributed by atoms with Crippen LogP contribution in [0.15, 0.2) is 24.3 Å². The normalized spacial score (nSPS) is 19.6. The monoisotopic (exact) mass is 278 g/mol. The van der Waals surface area contributed by atoms with Crippen molar-refractivity contribution in [2.24, 2.45) is 0 Å². The van der Waals surface area contributed by atoms with Gasteiger partial charge in [-0.1, -0.05) is 18.2 Å². The van der Waals surface area contributed by atoms with Gasteiger partial charge in [-0.2, -0.15) is 11.8 Å². The van der Waals surface area contributed by atoms with Crippen molar-refractivity contribution in [1.82, 2.24) is 4.90 Å². The highest BCUT2D eigenvalue weighted by Gasteiger charge is 2.27. The zero-order valence-corrected chi connectivity index (χ0v) is 12.7. The summed E-state index contributed by atoms with van der Waals surface area (Å²) in [6, 6.07) is 8.75. The van der Waals surface area contributed by atoms with Crippen LogP contribution in [-0.2, 0) is 4.79 Å². The molecule has 2 rings (SSSR count). The minimum absolute atomic E-state index is 0.268. The first kappa shape index (κ1) is 14.3. The molecule has 1 aromatic rings. The lowest BCUT2D eigenvalue weighted by molar-refractivity contribution is -0.130. The molecule has 0 bridgehead atoms. The SMILES string of the molecule is CSCC(=O)N1CCN(c2ccccc2C)CC1C. The Kier molecular flexibility index (Phi) is 4.75. The maximum atomic E-state index is 12.0. The number of aryl methyl sites for hydroxylation is 1. The van der Waals surface area contributed by atoms with Gasteiger partial charge >= 0.3 is 0 Å². The quantitative estimate of drug-likeness (QED) is 0.848. The van der Waals surface area contributed by atoms with Crippen LogP contribution in [-0.4, -0.2) is 48.5 Å². The van der Waals surface area contributed by atoms with Crippen molar-refractivity contribution in [2.45, 2.75) is 19.9 Å². The number of benzene rings is 1. The molecule has 4 heteroatoms. The second-order valence-corrected chi connectivity index (χ2v) is 5.97. The van der Waals surface area contributed by atoms with Gasteiger partial charge in [0, 0.05) is 31.4 Å². The Morgan fingerprint density at radius 1 is 1.37 bits per heavy atom. The van der Waals surface area contributed by atoms with Crippen LogP contribution < -0.4 is 4.90 Å². The summed E-state index contributed by atoms with van der Waals surface area (Å²) in [6.07, 6.45) is 1.98. The van der Waals surface area contributed by atoms with Gasteiger partial charge in [-0.15, -0.1) is 0 Å². The number of thioether (sulfide) groups is 1. The van der Waals surface area contributed by atoms with E-state index in [0.717, 1.165) is 19.6 Å². The minimum atomic E-state index is 0.268. The first-order valence-electron chi connectivity index (χ1n) is 6.72. The average molecular weight is 278 g/mol. The van der Waals surface area contributed by atoms with Crippen LogP contribution in [0.3, 0.4) is 0 Å². The van der Waals surface area contributed by atoms with Crippen LogP contribution in [0.4, 0.5) is 5.69 Å². The molecular weight excluding hydrogens is 256 g/mol. The van der Waals surface area contributed by atoms with Crippen molar-refractivity contribution in [3.05, 3.63) is 29.8 Å². The Bertz CT molecular complexity index is 450. The van der Waals surface area contributed by atoms with Crippen LogP contribution in [0.1, 0.15) is 12.5 Å². The average Bonchev–Trinajstić information content (AvgIpc) is 2.39.